The number of hydrogen-bond donors (Lipinski definition) is 0. The van der Waals surface area contributed by atoms with Gasteiger partial charge in [0, 0.05) is 7.11 Å². The monoisotopic (exact) mass is 266 g/mol. The zero-order valence-corrected chi connectivity index (χ0v) is 13.2. The van der Waals surface area contributed by atoms with Crippen LogP contribution >= 0.6 is 0 Å². The lowest BCUT2D eigenvalue weighted by atomic mass is 9.70. The van der Waals surface area contributed by atoms with Crippen LogP contribution in [0.1, 0.15) is 84.0 Å². The summed E-state index contributed by atoms with van der Waals surface area (Å²) in [4.78, 5) is 0. The highest BCUT2D eigenvalue weighted by molar-refractivity contribution is 4.82. The Labute approximate surface area is 120 Å². The zero-order chi connectivity index (χ0) is 13.5. The van der Waals surface area contributed by atoms with Gasteiger partial charge in [-0.3, -0.25) is 0 Å². The summed E-state index contributed by atoms with van der Waals surface area (Å²) in [6.07, 6.45) is 18.0. The molecule has 19 heavy (non-hydrogen) atoms. The van der Waals surface area contributed by atoms with Crippen LogP contribution in [0.25, 0.3) is 0 Å². The van der Waals surface area contributed by atoms with E-state index in [1.807, 2.05) is 7.11 Å². The molecular formula is C18H34O. The molecule has 0 aromatic carbocycles. The van der Waals surface area contributed by atoms with Crippen molar-refractivity contribution in [2.75, 3.05) is 7.11 Å². The van der Waals surface area contributed by atoms with Gasteiger partial charge in [0.2, 0.25) is 0 Å². The van der Waals surface area contributed by atoms with E-state index < -0.39 is 0 Å². The Morgan fingerprint density at radius 1 is 0.789 bits per heavy atom. The van der Waals surface area contributed by atoms with Gasteiger partial charge in [-0.25, -0.2) is 0 Å². The summed E-state index contributed by atoms with van der Waals surface area (Å²) in [5, 5.41) is 0. The van der Waals surface area contributed by atoms with Crippen LogP contribution in [0.4, 0.5) is 0 Å². The lowest BCUT2D eigenvalue weighted by molar-refractivity contribution is 0.0391. The molecule has 2 aliphatic carbocycles. The average Bonchev–Trinajstić information content (AvgIpc) is 2.48. The summed E-state index contributed by atoms with van der Waals surface area (Å²) in [7, 11) is 1.88. The minimum Gasteiger partial charge on any atom is -0.381 e. The van der Waals surface area contributed by atoms with Crippen molar-refractivity contribution < 1.29 is 4.74 Å². The second-order valence-electron chi connectivity index (χ2n) is 7.05. The first kappa shape index (κ1) is 15.4. The lowest BCUT2D eigenvalue weighted by Gasteiger charge is -2.37. The predicted octanol–water partition coefficient (Wildman–Crippen LogP) is 5.58. The number of hydrogen-bond acceptors (Lipinski definition) is 1. The van der Waals surface area contributed by atoms with Crippen LogP contribution < -0.4 is 0 Å². The van der Waals surface area contributed by atoms with E-state index in [1.54, 1.807) is 0 Å². The van der Waals surface area contributed by atoms with Crippen molar-refractivity contribution in [1.29, 1.82) is 0 Å². The van der Waals surface area contributed by atoms with Gasteiger partial charge in [-0.1, -0.05) is 45.4 Å². The normalized spacial score (nSPS) is 36.3. The third-order valence-corrected chi connectivity index (χ3v) is 5.83. The Balaban J connectivity index is 1.63. The van der Waals surface area contributed by atoms with E-state index in [4.69, 9.17) is 4.74 Å². The molecule has 0 heterocycles. The van der Waals surface area contributed by atoms with E-state index in [1.165, 1.54) is 77.0 Å². The van der Waals surface area contributed by atoms with E-state index in [0.29, 0.717) is 6.10 Å². The topological polar surface area (TPSA) is 9.23 Å². The van der Waals surface area contributed by atoms with Crippen LogP contribution in [-0.4, -0.2) is 13.2 Å². The molecule has 112 valence electrons. The largest absolute Gasteiger partial charge is 0.381 e. The SMILES string of the molecule is CCCCCC1CCC([C@H]2CC[C@H](OC)CC2)CC1. The predicted molar refractivity (Wildman–Crippen MR) is 82.3 cm³/mol. The molecule has 2 aliphatic rings. The van der Waals surface area contributed by atoms with Crippen LogP contribution in [0, 0.1) is 17.8 Å². The summed E-state index contributed by atoms with van der Waals surface area (Å²) in [5.41, 5.74) is 0. The summed E-state index contributed by atoms with van der Waals surface area (Å²) in [6.45, 7) is 2.31. The smallest absolute Gasteiger partial charge is 0.0571 e. The molecule has 0 amide bonds. The van der Waals surface area contributed by atoms with Gasteiger partial charge in [0.1, 0.15) is 0 Å². The van der Waals surface area contributed by atoms with Crippen molar-refractivity contribution in [3.8, 4) is 0 Å². The van der Waals surface area contributed by atoms with E-state index in [9.17, 15) is 0 Å². The molecule has 0 aliphatic heterocycles. The molecule has 0 radical (unpaired) electrons. The minimum absolute atomic E-state index is 0.571. The number of unbranched alkanes of at least 4 members (excludes halogenated alkanes) is 2. The van der Waals surface area contributed by atoms with Crippen LogP contribution in [0.2, 0.25) is 0 Å². The molecule has 0 spiro atoms. The molecule has 0 saturated heterocycles. The molecule has 2 fully saturated rings. The fourth-order valence-corrected chi connectivity index (χ4v) is 4.43. The Kier molecular flexibility index (Phi) is 6.70. The molecule has 0 N–H and O–H groups in total. The third kappa shape index (κ3) is 4.77. The van der Waals surface area contributed by atoms with Gasteiger partial charge in [0.05, 0.1) is 6.10 Å². The van der Waals surface area contributed by atoms with Crippen molar-refractivity contribution in [2.45, 2.75) is 90.1 Å². The second kappa shape index (κ2) is 8.29. The van der Waals surface area contributed by atoms with Crippen molar-refractivity contribution in [1.82, 2.24) is 0 Å². The first-order chi connectivity index (χ1) is 9.33. The first-order valence-corrected chi connectivity index (χ1v) is 8.86. The van der Waals surface area contributed by atoms with Gasteiger partial charge >= 0.3 is 0 Å². The van der Waals surface area contributed by atoms with E-state index in [2.05, 4.69) is 6.92 Å². The summed E-state index contributed by atoms with van der Waals surface area (Å²) in [6, 6.07) is 0. The maximum atomic E-state index is 5.50. The second-order valence-corrected chi connectivity index (χ2v) is 7.05. The Morgan fingerprint density at radius 3 is 1.89 bits per heavy atom. The molecule has 0 bridgehead atoms. The molecule has 0 atom stereocenters. The average molecular weight is 266 g/mol. The Morgan fingerprint density at radius 2 is 1.37 bits per heavy atom. The van der Waals surface area contributed by atoms with Gasteiger partial charge < -0.3 is 4.74 Å². The van der Waals surface area contributed by atoms with Crippen molar-refractivity contribution >= 4 is 0 Å². The fraction of sp³-hybridized carbons (Fsp3) is 1.00. The van der Waals surface area contributed by atoms with Gasteiger partial charge in [0.25, 0.3) is 0 Å². The molecule has 2 rings (SSSR count). The van der Waals surface area contributed by atoms with Crippen LogP contribution in [0.3, 0.4) is 0 Å². The zero-order valence-electron chi connectivity index (χ0n) is 13.2. The highest BCUT2D eigenvalue weighted by Crippen LogP contribution is 2.41. The van der Waals surface area contributed by atoms with E-state index in [0.717, 1.165) is 17.8 Å². The summed E-state index contributed by atoms with van der Waals surface area (Å²) < 4.78 is 5.50. The third-order valence-electron chi connectivity index (χ3n) is 5.83. The van der Waals surface area contributed by atoms with Gasteiger partial charge in [-0.05, 0) is 56.3 Å². The summed E-state index contributed by atoms with van der Waals surface area (Å²) in [5.74, 6) is 3.15. The van der Waals surface area contributed by atoms with Crippen molar-refractivity contribution in [3.05, 3.63) is 0 Å². The highest BCUT2D eigenvalue weighted by atomic mass is 16.5. The Hall–Kier alpha value is -0.0400. The first-order valence-electron chi connectivity index (χ1n) is 8.86. The van der Waals surface area contributed by atoms with Crippen LogP contribution in [0.15, 0.2) is 0 Å². The molecule has 0 unspecified atom stereocenters. The lowest BCUT2D eigenvalue weighted by Crippen LogP contribution is -2.28. The number of methoxy groups -OCH3 is 1. The molecule has 2 saturated carbocycles. The van der Waals surface area contributed by atoms with E-state index >= 15 is 0 Å². The van der Waals surface area contributed by atoms with Crippen molar-refractivity contribution in [3.63, 3.8) is 0 Å². The number of rotatable bonds is 6. The Bertz CT molecular complexity index is 222. The molecule has 0 aromatic rings. The highest BCUT2D eigenvalue weighted by Gasteiger charge is 2.30. The number of ether oxygens (including phenoxy) is 1. The quantitative estimate of drug-likeness (QED) is 0.570. The van der Waals surface area contributed by atoms with E-state index in [-0.39, 0.29) is 0 Å². The molecule has 1 nitrogen and oxygen atoms in total. The minimum atomic E-state index is 0.571. The van der Waals surface area contributed by atoms with Crippen LogP contribution in [0.5, 0.6) is 0 Å². The van der Waals surface area contributed by atoms with Crippen molar-refractivity contribution in [2.24, 2.45) is 17.8 Å². The molecule has 0 aromatic heterocycles. The summed E-state index contributed by atoms with van der Waals surface area (Å²) >= 11 is 0. The molecular weight excluding hydrogens is 232 g/mol. The fourth-order valence-electron chi connectivity index (χ4n) is 4.43. The van der Waals surface area contributed by atoms with Gasteiger partial charge in [-0.15, -0.1) is 0 Å². The standard InChI is InChI=1S/C18H34O/c1-3-4-5-6-15-7-9-16(10-8-15)17-11-13-18(19-2)14-12-17/h15-18H,3-14H2,1-2H3/t15?,16?,17-,18-. The van der Waals surface area contributed by atoms with Crippen LogP contribution in [-0.2, 0) is 4.74 Å². The molecule has 1 heteroatoms. The van der Waals surface area contributed by atoms with Gasteiger partial charge in [-0.2, -0.15) is 0 Å². The maximum Gasteiger partial charge on any atom is 0.0571 e. The maximum absolute atomic E-state index is 5.50. The van der Waals surface area contributed by atoms with Gasteiger partial charge in [0.15, 0.2) is 0 Å².